The summed E-state index contributed by atoms with van der Waals surface area (Å²) >= 11 is 0. The molecule has 1 aromatic carbocycles. The van der Waals surface area contributed by atoms with Crippen molar-refractivity contribution in [3.63, 3.8) is 0 Å². The fourth-order valence-corrected chi connectivity index (χ4v) is 2.61. The molecule has 2 heterocycles. The molecule has 0 saturated heterocycles. The molecule has 6 heteroatoms. The Morgan fingerprint density at radius 3 is 2.57 bits per heavy atom. The van der Waals surface area contributed by atoms with Gasteiger partial charge in [-0.05, 0) is 32.0 Å². The summed E-state index contributed by atoms with van der Waals surface area (Å²) in [7, 11) is 1.75. The van der Waals surface area contributed by atoms with E-state index in [4.69, 9.17) is 0 Å². The molecule has 3 rings (SSSR count). The van der Waals surface area contributed by atoms with Gasteiger partial charge in [0.25, 0.3) is 5.91 Å². The predicted molar refractivity (Wildman–Crippen MR) is 87.4 cm³/mol. The normalized spacial score (nSPS) is 10.7. The lowest BCUT2D eigenvalue weighted by atomic mass is 10.2. The summed E-state index contributed by atoms with van der Waals surface area (Å²) in [5.41, 5.74) is 4.52. The Kier molecular flexibility index (Phi) is 3.97. The smallest absolute Gasteiger partial charge is 0.269 e. The Bertz CT molecular complexity index is 832. The van der Waals surface area contributed by atoms with Crippen molar-refractivity contribution in [1.29, 1.82) is 0 Å². The highest BCUT2D eigenvalue weighted by Gasteiger charge is 2.15. The standard InChI is InChI=1S/C17H19N5O/c1-12-15(11-18-17(23)16-9-10-19-21(16)3)13(2)22(20-12)14-7-5-4-6-8-14/h4-10H,11H2,1-3H3,(H,18,23). The van der Waals surface area contributed by atoms with Crippen LogP contribution in [0.3, 0.4) is 0 Å². The van der Waals surface area contributed by atoms with E-state index in [1.54, 1.807) is 24.0 Å². The number of aryl methyl sites for hydroxylation is 2. The van der Waals surface area contributed by atoms with Crippen LogP contribution >= 0.6 is 0 Å². The summed E-state index contributed by atoms with van der Waals surface area (Å²) in [6.07, 6.45) is 1.61. The third-order valence-electron chi connectivity index (χ3n) is 3.92. The number of amides is 1. The molecule has 0 aliphatic carbocycles. The quantitative estimate of drug-likeness (QED) is 0.803. The molecule has 0 spiro atoms. The number of hydrogen-bond acceptors (Lipinski definition) is 3. The molecule has 0 aliphatic heterocycles. The highest BCUT2D eigenvalue weighted by atomic mass is 16.2. The minimum Gasteiger partial charge on any atom is -0.346 e. The Balaban J connectivity index is 1.80. The van der Waals surface area contributed by atoms with Crippen LogP contribution in [-0.2, 0) is 13.6 Å². The Hall–Kier alpha value is -2.89. The minimum atomic E-state index is -0.142. The third-order valence-corrected chi connectivity index (χ3v) is 3.92. The molecule has 0 radical (unpaired) electrons. The summed E-state index contributed by atoms with van der Waals surface area (Å²) < 4.78 is 3.46. The molecule has 23 heavy (non-hydrogen) atoms. The van der Waals surface area contributed by atoms with Crippen LogP contribution in [0.1, 0.15) is 27.4 Å². The molecule has 0 aliphatic rings. The van der Waals surface area contributed by atoms with Gasteiger partial charge in [0.1, 0.15) is 5.69 Å². The van der Waals surface area contributed by atoms with E-state index >= 15 is 0 Å². The van der Waals surface area contributed by atoms with Crippen LogP contribution in [0.4, 0.5) is 0 Å². The first-order valence-electron chi connectivity index (χ1n) is 7.44. The molecule has 0 fully saturated rings. The second kappa shape index (κ2) is 6.08. The van der Waals surface area contributed by atoms with Gasteiger partial charge in [0.2, 0.25) is 0 Å². The SMILES string of the molecule is Cc1nn(-c2ccccc2)c(C)c1CNC(=O)c1ccnn1C. The molecule has 0 saturated carbocycles. The summed E-state index contributed by atoms with van der Waals surface area (Å²) in [6, 6.07) is 11.7. The van der Waals surface area contributed by atoms with Gasteiger partial charge in [-0.1, -0.05) is 18.2 Å². The van der Waals surface area contributed by atoms with Gasteiger partial charge in [-0.3, -0.25) is 9.48 Å². The molecule has 3 aromatic rings. The molecule has 0 unspecified atom stereocenters. The number of carbonyl (C=O) groups excluding carboxylic acids is 1. The summed E-state index contributed by atoms with van der Waals surface area (Å²) in [4.78, 5) is 12.2. The number of hydrogen-bond donors (Lipinski definition) is 1. The second-order valence-corrected chi connectivity index (χ2v) is 5.42. The van der Waals surface area contributed by atoms with Gasteiger partial charge in [-0.2, -0.15) is 10.2 Å². The Labute approximate surface area is 134 Å². The van der Waals surface area contributed by atoms with Gasteiger partial charge in [0.15, 0.2) is 0 Å². The molecule has 118 valence electrons. The first-order chi connectivity index (χ1) is 11.1. The van der Waals surface area contributed by atoms with E-state index in [1.165, 1.54) is 0 Å². The monoisotopic (exact) mass is 309 g/mol. The first kappa shape index (κ1) is 15.0. The lowest BCUT2D eigenvalue weighted by Crippen LogP contribution is -2.25. The van der Waals surface area contributed by atoms with Crippen LogP contribution in [0, 0.1) is 13.8 Å². The third kappa shape index (κ3) is 2.88. The van der Waals surface area contributed by atoms with Crippen molar-refractivity contribution in [2.75, 3.05) is 0 Å². The number of benzene rings is 1. The fraction of sp³-hybridized carbons (Fsp3) is 0.235. The van der Waals surface area contributed by atoms with Crippen LogP contribution in [0.25, 0.3) is 5.69 Å². The number of para-hydroxylation sites is 1. The van der Waals surface area contributed by atoms with Crippen molar-refractivity contribution in [1.82, 2.24) is 24.9 Å². The zero-order chi connectivity index (χ0) is 16.4. The maximum atomic E-state index is 12.2. The van der Waals surface area contributed by atoms with E-state index in [9.17, 15) is 4.79 Å². The van der Waals surface area contributed by atoms with Crippen molar-refractivity contribution in [3.05, 3.63) is 65.2 Å². The first-order valence-corrected chi connectivity index (χ1v) is 7.44. The largest absolute Gasteiger partial charge is 0.346 e. The molecule has 0 atom stereocenters. The van der Waals surface area contributed by atoms with Crippen molar-refractivity contribution < 1.29 is 4.79 Å². The maximum Gasteiger partial charge on any atom is 0.269 e. The van der Waals surface area contributed by atoms with Crippen LogP contribution < -0.4 is 5.32 Å². The van der Waals surface area contributed by atoms with Gasteiger partial charge < -0.3 is 5.32 Å². The number of nitrogens with zero attached hydrogens (tertiary/aromatic N) is 4. The summed E-state index contributed by atoms with van der Waals surface area (Å²) in [5.74, 6) is -0.142. The summed E-state index contributed by atoms with van der Waals surface area (Å²) in [5, 5.41) is 11.5. The van der Waals surface area contributed by atoms with E-state index in [0.29, 0.717) is 12.2 Å². The zero-order valence-electron chi connectivity index (χ0n) is 13.4. The van der Waals surface area contributed by atoms with E-state index in [-0.39, 0.29) is 5.91 Å². The fourth-order valence-electron chi connectivity index (χ4n) is 2.61. The van der Waals surface area contributed by atoms with Gasteiger partial charge >= 0.3 is 0 Å². The Morgan fingerprint density at radius 2 is 1.91 bits per heavy atom. The molecular weight excluding hydrogens is 290 g/mol. The van der Waals surface area contributed by atoms with Crippen LogP contribution in [0.5, 0.6) is 0 Å². The van der Waals surface area contributed by atoms with Crippen LogP contribution in [-0.4, -0.2) is 25.5 Å². The number of nitrogens with one attached hydrogen (secondary N) is 1. The van der Waals surface area contributed by atoms with Crippen molar-refractivity contribution in [3.8, 4) is 5.69 Å². The average Bonchev–Trinajstić information content (AvgIpc) is 3.10. The van der Waals surface area contributed by atoms with Gasteiger partial charge in [-0.15, -0.1) is 0 Å². The van der Waals surface area contributed by atoms with Gasteiger partial charge in [-0.25, -0.2) is 4.68 Å². The van der Waals surface area contributed by atoms with Crippen molar-refractivity contribution in [2.24, 2.45) is 7.05 Å². The lowest BCUT2D eigenvalue weighted by Gasteiger charge is -2.07. The molecule has 2 aromatic heterocycles. The predicted octanol–water partition coefficient (Wildman–Crippen LogP) is 2.15. The topological polar surface area (TPSA) is 64.7 Å². The number of aromatic nitrogens is 4. The minimum absolute atomic E-state index is 0.142. The van der Waals surface area contributed by atoms with E-state index in [0.717, 1.165) is 22.6 Å². The number of rotatable bonds is 4. The van der Waals surface area contributed by atoms with Gasteiger partial charge in [0.05, 0.1) is 11.4 Å². The van der Waals surface area contributed by atoms with Crippen molar-refractivity contribution in [2.45, 2.75) is 20.4 Å². The van der Waals surface area contributed by atoms with E-state index < -0.39 is 0 Å². The maximum absolute atomic E-state index is 12.2. The summed E-state index contributed by atoms with van der Waals surface area (Å²) in [6.45, 7) is 4.41. The Morgan fingerprint density at radius 1 is 1.17 bits per heavy atom. The number of carbonyl (C=O) groups is 1. The van der Waals surface area contributed by atoms with Crippen LogP contribution in [0.2, 0.25) is 0 Å². The molecular formula is C17H19N5O. The van der Waals surface area contributed by atoms with Crippen LogP contribution in [0.15, 0.2) is 42.6 Å². The molecule has 0 bridgehead atoms. The average molecular weight is 309 g/mol. The highest BCUT2D eigenvalue weighted by molar-refractivity contribution is 5.92. The lowest BCUT2D eigenvalue weighted by molar-refractivity contribution is 0.0941. The molecule has 1 amide bonds. The molecule has 1 N–H and O–H groups in total. The van der Waals surface area contributed by atoms with Gasteiger partial charge in [0, 0.05) is 31.0 Å². The van der Waals surface area contributed by atoms with E-state index in [2.05, 4.69) is 15.5 Å². The van der Waals surface area contributed by atoms with E-state index in [1.807, 2.05) is 48.9 Å². The molecule has 6 nitrogen and oxygen atoms in total. The zero-order valence-corrected chi connectivity index (χ0v) is 13.4. The second-order valence-electron chi connectivity index (χ2n) is 5.42. The van der Waals surface area contributed by atoms with Crippen molar-refractivity contribution >= 4 is 5.91 Å². The highest BCUT2D eigenvalue weighted by Crippen LogP contribution is 2.17.